The molecule has 0 aliphatic carbocycles. The number of benzene rings is 1. The van der Waals surface area contributed by atoms with Crippen molar-refractivity contribution in [3.8, 4) is 6.07 Å². The minimum Gasteiger partial charge on any atom is -0.370 e. The molecule has 2 aromatic rings. The van der Waals surface area contributed by atoms with Crippen molar-refractivity contribution in [3.63, 3.8) is 0 Å². The molecule has 0 radical (unpaired) electrons. The summed E-state index contributed by atoms with van der Waals surface area (Å²) < 4.78 is 43.9. The Balaban J connectivity index is 1.85. The maximum absolute atomic E-state index is 12.7. The molecule has 1 aromatic heterocycles. The third-order valence-electron chi connectivity index (χ3n) is 4.52. The summed E-state index contributed by atoms with van der Waals surface area (Å²) in [6.45, 7) is 4.91. The van der Waals surface area contributed by atoms with Crippen LogP contribution in [0.3, 0.4) is 0 Å². The molecule has 1 aromatic carbocycles. The van der Waals surface area contributed by atoms with Gasteiger partial charge in [-0.05, 0) is 37.1 Å². The number of rotatable bonds is 2. The Labute approximate surface area is 149 Å². The summed E-state index contributed by atoms with van der Waals surface area (Å²) in [7, 11) is 0. The van der Waals surface area contributed by atoms with Crippen molar-refractivity contribution in [2.75, 3.05) is 24.6 Å². The SMILES string of the molecule is Cc1nnc(N2CCOC(c3ccc(C(F)(F)F)cc3)C2)c(C#N)c1C. The smallest absolute Gasteiger partial charge is 0.370 e. The van der Waals surface area contributed by atoms with E-state index in [9.17, 15) is 18.4 Å². The number of aryl methyl sites for hydroxylation is 1. The van der Waals surface area contributed by atoms with Crippen molar-refractivity contribution < 1.29 is 17.9 Å². The van der Waals surface area contributed by atoms with Gasteiger partial charge in [0.2, 0.25) is 0 Å². The van der Waals surface area contributed by atoms with Crippen LogP contribution < -0.4 is 4.90 Å². The molecule has 8 heteroatoms. The Hall–Kier alpha value is -2.66. The van der Waals surface area contributed by atoms with E-state index in [4.69, 9.17) is 4.74 Å². The van der Waals surface area contributed by atoms with Crippen LogP contribution in [0.5, 0.6) is 0 Å². The Morgan fingerprint density at radius 1 is 1.19 bits per heavy atom. The summed E-state index contributed by atoms with van der Waals surface area (Å²) in [6.07, 6.45) is -4.77. The minimum atomic E-state index is -4.37. The van der Waals surface area contributed by atoms with Gasteiger partial charge in [-0.25, -0.2) is 0 Å². The summed E-state index contributed by atoms with van der Waals surface area (Å²) in [5.74, 6) is 0.482. The average molecular weight is 362 g/mol. The van der Waals surface area contributed by atoms with E-state index in [0.29, 0.717) is 42.3 Å². The summed E-state index contributed by atoms with van der Waals surface area (Å²) in [4.78, 5) is 1.89. The number of alkyl halides is 3. The summed E-state index contributed by atoms with van der Waals surface area (Å²) in [6, 6.07) is 7.12. The molecule has 0 amide bonds. The predicted molar refractivity (Wildman–Crippen MR) is 88.6 cm³/mol. The zero-order chi connectivity index (χ0) is 18.9. The van der Waals surface area contributed by atoms with Gasteiger partial charge in [0.05, 0.1) is 17.9 Å². The second-order valence-electron chi connectivity index (χ2n) is 6.15. The van der Waals surface area contributed by atoms with Gasteiger partial charge in [0.15, 0.2) is 5.82 Å². The number of hydrogen-bond acceptors (Lipinski definition) is 5. The highest BCUT2D eigenvalue weighted by Crippen LogP contribution is 2.32. The van der Waals surface area contributed by atoms with E-state index in [2.05, 4.69) is 16.3 Å². The van der Waals surface area contributed by atoms with E-state index in [1.54, 1.807) is 6.92 Å². The topological polar surface area (TPSA) is 62.0 Å². The number of aromatic nitrogens is 2. The van der Waals surface area contributed by atoms with Crippen molar-refractivity contribution in [3.05, 3.63) is 52.2 Å². The van der Waals surface area contributed by atoms with E-state index in [1.165, 1.54) is 12.1 Å². The van der Waals surface area contributed by atoms with Crippen LogP contribution in [-0.4, -0.2) is 29.9 Å². The second kappa shape index (κ2) is 6.92. The van der Waals surface area contributed by atoms with E-state index in [0.717, 1.165) is 17.7 Å². The lowest BCUT2D eigenvalue weighted by molar-refractivity contribution is -0.137. The minimum absolute atomic E-state index is 0.380. The Kier molecular flexibility index (Phi) is 4.83. The van der Waals surface area contributed by atoms with E-state index in [-0.39, 0.29) is 0 Å². The maximum atomic E-state index is 12.7. The van der Waals surface area contributed by atoms with Gasteiger partial charge in [0.25, 0.3) is 0 Å². The Bertz CT molecular complexity index is 843. The highest BCUT2D eigenvalue weighted by Gasteiger charge is 2.31. The first-order valence-electron chi connectivity index (χ1n) is 8.09. The molecule has 26 heavy (non-hydrogen) atoms. The van der Waals surface area contributed by atoms with Gasteiger partial charge in [-0.1, -0.05) is 12.1 Å². The fraction of sp³-hybridized carbons (Fsp3) is 0.389. The van der Waals surface area contributed by atoms with Gasteiger partial charge < -0.3 is 9.64 Å². The Morgan fingerprint density at radius 2 is 1.88 bits per heavy atom. The first kappa shape index (κ1) is 18.1. The normalized spacial score (nSPS) is 17.8. The number of nitriles is 1. The van der Waals surface area contributed by atoms with Crippen LogP contribution in [0.15, 0.2) is 24.3 Å². The number of ether oxygens (including phenoxy) is 1. The summed E-state index contributed by atoms with van der Waals surface area (Å²) >= 11 is 0. The molecular weight excluding hydrogens is 345 g/mol. The van der Waals surface area contributed by atoms with Crippen LogP contribution in [0.1, 0.15) is 34.1 Å². The van der Waals surface area contributed by atoms with Crippen molar-refractivity contribution in [1.29, 1.82) is 5.26 Å². The van der Waals surface area contributed by atoms with Gasteiger partial charge in [-0.15, -0.1) is 5.10 Å². The molecule has 0 spiro atoms. The quantitative estimate of drug-likeness (QED) is 0.817. The highest BCUT2D eigenvalue weighted by molar-refractivity contribution is 5.57. The zero-order valence-electron chi connectivity index (χ0n) is 14.3. The van der Waals surface area contributed by atoms with Gasteiger partial charge in [-0.2, -0.15) is 23.5 Å². The molecule has 3 rings (SSSR count). The molecule has 0 N–H and O–H groups in total. The molecule has 1 atom stereocenters. The molecule has 0 bridgehead atoms. The molecule has 1 aliphatic rings. The summed E-state index contributed by atoms with van der Waals surface area (Å²) in [5, 5.41) is 17.7. The van der Waals surface area contributed by atoms with Gasteiger partial charge in [0.1, 0.15) is 17.7 Å². The number of anilines is 1. The van der Waals surface area contributed by atoms with E-state index < -0.39 is 17.8 Å². The van der Waals surface area contributed by atoms with Gasteiger partial charge >= 0.3 is 6.18 Å². The van der Waals surface area contributed by atoms with Crippen molar-refractivity contribution in [2.24, 2.45) is 0 Å². The largest absolute Gasteiger partial charge is 0.416 e. The van der Waals surface area contributed by atoms with Crippen LogP contribution in [0, 0.1) is 25.2 Å². The fourth-order valence-electron chi connectivity index (χ4n) is 2.88. The highest BCUT2D eigenvalue weighted by atomic mass is 19.4. The van der Waals surface area contributed by atoms with Crippen molar-refractivity contribution in [2.45, 2.75) is 26.1 Å². The lowest BCUT2D eigenvalue weighted by Gasteiger charge is -2.34. The van der Waals surface area contributed by atoms with Crippen molar-refractivity contribution >= 4 is 5.82 Å². The van der Waals surface area contributed by atoms with Gasteiger partial charge in [-0.3, -0.25) is 0 Å². The van der Waals surface area contributed by atoms with Gasteiger partial charge in [0, 0.05) is 13.1 Å². The van der Waals surface area contributed by atoms with E-state index >= 15 is 0 Å². The Morgan fingerprint density at radius 3 is 2.50 bits per heavy atom. The molecule has 1 saturated heterocycles. The average Bonchev–Trinajstić information content (AvgIpc) is 2.63. The fourth-order valence-corrected chi connectivity index (χ4v) is 2.88. The second-order valence-corrected chi connectivity index (χ2v) is 6.15. The molecule has 1 unspecified atom stereocenters. The monoisotopic (exact) mass is 362 g/mol. The number of hydrogen-bond donors (Lipinski definition) is 0. The number of morpholine rings is 1. The standard InChI is InChI=1S/C18H17F3N4O/c1-11-12(2)23-24-17(15(11)9-22)25-7-8-26-16(10-25)13-3-5-14(6-4-13)18(19,20)21/h3-6,16H,7-8,10H2,1-2H3. The van der Waals surface area contributed by atoms with E-state index in [1.807, 2.05) is 11.8 Å². The van der Waals surface area contributed by atoms with Crippen LogP contribution in [0.2, 0.25) is 0 Å². The first-order chi connectivity index (χ1) is 12.3. The molecule has 136 valence electrons. The summed E-state index contributed by atoms with van der Waals surface area (Å²) in [5.41, 5.74) is 1.89. The van der Waals surface area contributed by atoms with Crippen LogP contribution in [-0.2, 0) is 10.9 Å². The van der Waals surface area contributed by atoms with Crippen molar-refractivity contribution in [1.82, 2.24) is 10.2 Å². The van der Waals surface area contributed by atoms with Crippen LogP contribution in [0.25, 0.3) is 0 Å². The third-order valence-corrected chi connectivity index (χ3v) is 4.52. The zero-order valence-corrected chi connectivity index (χ0v) is 14.3. The molecule has 5 nitrogen and oxygen atoms in total. The molecule has 0 saturated carbocycles. The van der Waals surface area contributed by atoms with Crippen LogP contribution >= 0.6 is 0 Å². The number of halogens is 3. The number of nitrogens with zero attached hydrogens (tertiary/aromatic N) is 4. The first-order valence-corrected chi connectivity index (χ1v) is 8.09. The molecular formula is C18H17F3N4O. The lowest BCUT2D eigenvalue weighted by Crippen LogP contribution is -2.39. The predicted octanol–water partition coefficient (Wildman–Crippen LogP) is 3.56. The molecule has 1 fully saturated rings. The third kappa shape index (κ3) is 3.48. The van der Waals surface area contributed by atoms with Crippen LogP contribution in [0.4, 0.5) is 19.0 Å². The maximum Gasteiger partial charge on any atom is 0.416 e. The molecule has 2 heterocycles. The molecule has 1 aliphatic heterocycles. The lowest BCUT2D eigenvalue weighted by atomic mass is 10.0.